The summed E-state index contributed by atoms with van der Waals surface area (Å²) in [5.41, 5.74) is 6.66. The lowest BCUT2D eigenvalue weighted by atomic mass is 10.1. The van der Waals surface area contributed by atoms with Gasteiger partial charge in [0, 0.05) is 37.6 Å². The number of hydrogen-bond acceptors (Lipinski definition) is 8. The van der Waals surface area contributed by atoms with Crippen LogP contribution in [0.1, 0.15) is 19.3 Å². The fourth-order valence-corrected chi connectivity index (χ4v) is 4.61. The molecule has 0 radical (unpaired) electrons. The van der Waals surface area contributed by atoms with Crippen molar-refractivity contribution in [2.45, 2.75) is 19.3 Å². The fourth-order valence-electron chi connectivity index (χ4n) is 4.61. The minimum atomic E-state index is 0.593. The second-order valence-electron chi connectivity index (χ2n) is 9.39. The number of H-pyrrole nitrogens is 2. The van der Waals surface area contributed by atoms with Crippen LogP contribution in [0.2, 0.25) is 0 Å². The van der Waals surface area contributed by atoms with E-state index in [1.165, 1.54) is 19.3 Å². The van der Waals surface area contributed by atoms with Crippen molar-refractivity contribution in [3.05, 3.63) is 42.9 Å². The molecule has 1 aliphatic heterocycles. The first-order chi connectivity index (χ1) is 17.7. The number of aromatic amines is 2. The van der Waals surface area contributed by atoms with Crippen LogP contribution >= 0.6 is 0 Å². The Morgan fingerprint density at radius 1 is 1.03 bits per heavy atom. The molecule has 5 aromatic heterocycles. The van der Waals surface area contributed by atoms with Crippen molar-refractivity contribution in [3.63, 3.8) is 0 Å². The lowest BCUT2D eigenvalue weighted by Crippen LogP contribution is -2.29. The highest BCUT2D eigenvalue weighted by Gasteiger charge is 2.20. The lowest BCUT2D eigenvalue weighted by molar-refractivity contribution is 0.261. The zero-order chi connectivity index (χ0) is 24.5. The maximum Gasteiger partial charge on any atom is 0.162 e. The third kappa shape index (κ3) is 4.35. The highest BCUT2D eigenvalue weighted by molar-refractivity contribution is 5.93. The number of anilines is 1. The molecule has 10 heteroatoms. The molecule has 5 aromatic rings. The molecule has 0 amide bonds. The van der Waals surface area contributed by atoms with E-state index in [1.54, 1.807) is 12.4 Å². The van der Waals surface area contributed by atoms with Gasteiger partial charge in [0.05, 0.1) is 23.1 Å². The van der Waals surface area contributed by atoms with Gasteiger partial charge in [-0.05, 0) is 57.6 Å². The molecule has 0 aliphatic carbocycles. The molecule has 0 aromatic carbocycles. The Balaban J connectivity index is 1.34. The maximum atomic E-state index is 5.86. The standard InChI is InChI=1S/C26H29N9O/c1-34(2)12-13-36-18-14-17(15-27-16-18)19-6-7-20-22(29-19)24(33-32-20)26-30-23-21(8-9-28-25(23)31-26)35-10-4-3-5-11-35/h6-9,14-16H,3-5,10-13H2,1-2H3,(H,32,33)(H,28,30,31). The summed E-state index contributed by atoms with van der Waals surface area (Å²) in [4.78, 5) is 26.6. The largest absolute Gasteiger partial charge is 0.491 e. The Kier molecular flexibility index (Phi) is 5.94. The molecule has 1 saturated heterocycles. The first-order valence-electron chi connectivity index (χ1n) is 12.3. The molecule has 10 nitrogen and oxygen atoms in total. The first-order valence-corrected chi connectivity index (χ1v) is 12.3. The minimum Gasteiger partial charge on any atom is -0.491 e. The summed E-state index contributed by atoms with van der Waals surface area (Å²) in [5.74, 6) is 1.37. The molecular formula is C26H29N9O. The van der Waals surface area contributed by atoms with Crippen molar-refractivity contribution in [2.75, 3.05) is 45.2 Å². The quantitative estimate of drug-likeness (QED) is 0.359. The maximum absolute atomic E-state index is 5.86. The molecule has 0 saturated carbocycles. The van der Waals surface area contributed by atoms with E-state index in [9.17, 15) is 0 Å². The average molecular weight is 484 g/mol. The lowest BCUT2D eigenvalue weighted by Gasteiger charge is -2.28. The van der Waals surface area contributed by atoms with Crippen molar-refractivity contribution in [3.8, 4) is 28.5 Å². The molecule has 6 heterocycles. The molecule has 1 aliphatic rings. The van der Waals surface area contributed by atoms with Gasteiger partial charge >= 0.3 is 0 Å². The van der Waals surface area contributed by atoms with E-state index in [1.807, 2.05) is 38.5 Å². The highest BCUT2D eigenvalue weighted by atomic mass is 16.5. The van der Waals surface area contributed by atoms with Gasteiger partial charge in [-0.1, -0.05) is 0 Å². The van der Waals surface area contributed by atoms with Crippen LogP contribution in [0, 0.1) is 0 Å². The molecule has 0 unspecified atom stereocenters. The SMILES string of the molecule is CN(C)CCOc1cncc(-c2ccc3[nH]nc(-c4nc5c(N6CCCCC6)ccnc5[nH]4)c3n2)c1. The van der Waals surface area contributed by atoms with Crippen LogP contribution in [-0.4, -0.2) is 80.4 Å². The van der Waals surface area contributed by atoms with E-state index >= 15 is 0 Å². The number of aromatic nitrogens is 7. The van der Waals surface area contributed by atoms with Crippen LogP contribution in [0.5, 0.6) is 5.75 Å². The summed E-state index contributed by atoms with van der Waals surface area (Å²) < 4.78 is 5.86. The van der Waals surface area contributed by atoms with E-state index in [2.05, 4.69) is 41.0 Å². The van der Waals surface area contributed by atoms with Crippen LogP contribution in [0.25, 0.3) is 45.0 Å². The Bertz CT molecular complexity index is 1500. The van der Waals surface area contributed by atoms with E-state index in [0.29, 0.717) is 18.1 Å². The Hall–Kier alpha value is -4.05. The number of imidazole rings is 1. The van der Waals surface area contributed by atoms with Gasteiger partial charge in [-0.15, -0.1) is 0 Å². The molecule has 2 N–H and O–H groups in total. The van der Waals surface area contributed by atoms with E-state index < -0.39 is 0 Å². The smallest absolute Gasteiger partial charge is 0.162 e. The topological polar surface area (TPSA) is 112 Å². The summed E-state index contributed by atoms with van der Waals surface area (Å²) in [5, 5.41) is 7.63. The van der Waals surface area contributed by atoms with Crippen LogP contribution in [0.3, 0.4) is 0 Å². The first kappa shape index (κ1) is 22.4. The van der Waals surface area contributed by atoms with Crippen LogP contribution in [0.4, 0.5) is 5.69 Å². The number of ether oxygens (including phenoxy) is 1. The second kappa shape index (κ2) is 9.54. The number of nitrogens with zero attached hydrogens (tertiary/aromatic N) is 7. The third-order valence-electron chi connectivity index (χ3n) is 6.51. The monoisotopic (exact) mass is 483 g/mol. The highest BCUT2D eigenvalue weighted by Crippen LogP contribution is 2.31. The van der Waals surface area contributed by atoms with E-state index in [-0.39, 0.29) is 0 Å². The molecule has 1 fully saturated rings. The number of nitrogens with one attached hydrogen (secondary N) is 2. The summed E-state index contributed by atoms with van der Waals surface area (Å²) in [7, 11) is 4.04. The fraction of sp³-hybridized carbons (Fsp3) is 0.346. The number of fused-ring (bicyclic) bond motifs is 2. The Labute approximate surface area is 208 Å². The predicted molar refractivity (Wildman–Crippen MR) is 140 cm³/mol. The number of rotatable bonds is 7. The van der Waals surface area contributed by atoms with Gasteiger partial charge < -0.3 is 19.5 Å². The normalized spacial score (nSPS) is 14.2. The zero-order valence-corrected chi connectivity index (χ0v) is 20.5. The van der Waals surface area contributed by atoms with Gasteiger partial charge in [0.15, 0.2) is 17.2 Å². The van der Waals surface area contributed by atoms with Gasteiger partial charge in [0.25, 0.3) is 0 Å². The molecule has 184 valence electrons. The number of likely N-dealkylation sites (N-methyl/N-ethyl adjacent to an activating group) is 1. The molecule has 0 spiro atoms. The summed E-state index contributed by atoms with van der Waals surface area (Å²) >= 11 is 0. The van der Waals surface area contributed by atoms with Gasteiger partial charge in [0.1, 0.15) is 23.4 Å². The second-order valence-corrected chi connectivity index (χ2v) is 9.39. The van der Waals surface area contributed by atoms with Crippen molar-refractivity contribution in [2.24, 2.45) is 0 Å². The van der Waals surface area contributed by atoms with Crippen molar-refractivity contribution >= 4 is 27.9 Å². The van der Waals surface area contributed by atoms with Gasteiger partial charge in [-0.25, -0.2) is 15.0 Å². The van der Waals surface area contributed by atoms with Crippen LogP contribution in [-0.2, 0) is 0 Å². The predicted octanol–water partition coefficient (Wildman–Crippen LogP) is 3.89. The molecule has 0 bridgehead atoms. The Morgan fingerprint density at radius 2 is 1.92 bits per heavy atom. The average Bonchev–Trinajstić information content (AvgIpc) is 3.53. The Morgan fingerprint density at radius 3 is 2.78 bits per heavy atom. The molecule has 6 rings (SSSR count). The molecule has 0 atom stereocenters. The zero-order valence-electron chi connectivity index (χ0n) is 20.5. The van der Waals surface area contributed by atoms with E-state index in [0.717, 1.165) is 64.5 Å². The number of pyridine rings is 3. The summed E-state index contributed by atoms with van der Waals surface area (Å²) in [6.07, 6.45) is 9.05. The van der Waals surface area contributed by atoms with E-state index in [4.69, 9.17) is 14.7 Å². The summed E-state index contributed by atoms with van der Waals surface area (Å²) in [6.45, 7) is 3.52. The van der Waals surface area contributed by atoms with Crippen molar-refractivity contribution in [1.82, 2.24) is 40.0 Å². The molecular weight excluding hydrogens is 454 g/mol. The van der Waals surface area contributed by atoms with Crippen LogP contribution in [0.15, 0.2) is 42.9 Å². The third-order valence-corrected chi connectivity index (χ3v) is 6.51. The number of piperidine rings is 1. The van der Waals surface area contributed by atoms with Gasteiger partial charge in [-0.2, -0.15) is 5.10 Å². The molecule has 36 heavy (non-hydrogen) atoms. The van der Waals surface area contributed by atoms with Crippen molar-refractivity contribution in [1.29, 1.82) is 0 Å². The summed E-state index contributed by atoms with van der Waals surface area (Å²) in [6, 6.07) is 7.96. The minimum absolute atomic E-state index is 0.593. The number of hydrogen-bond donors (Lipinski definition) is 2. The van der Waals surface area contributed by atoms with Gasteiger partial charge in [-0.3, -0.25) is 10.1 Å². The van der Waals surface area contributed by atoms with Crippen LogP contribution < -0.4 is 9.64 Å². The van der Waals surface area contributed by atoms with Crippen molar-refractivity contribution < 1.29 is 4.74 Å². The van der Waals surface area contributed by atoms with Gasteiger partial charge in [0.2, 0.25) is 0 Å².